The molecule has 0 aliphatic heterocycles. The SMILES string of the molecule is CC(C)C[O][Zr]([OH])([OH])[O][Si](C1CCCCC1)(C1CCCCC1)C1CCCCC1. The molecule has 0 unspecified atom stereocenters. The van der Waals surface area contributed by atoms with E-state index in [1.165, 1.54) is 96.3 Å². The summed E-state index contributed by atoms with van der Waals surface area (Å²) < 4.78 is 34.7. The van der Waals surface area contributed by atoms with Gasteiger partial charge in [0, 0.05) is 0 Å². The molecule has 0 heterocycles. The summed E-state index contributed by atoms with van der Waals surface area (Å²) >= 11 is -4.95. The molecular weight excluding hydrogens is 448 g/mol. The van der Waals surface area contributed by atoms with Gasteiger partial charge in [-0.1, -0.05) is 0 Å². The molecule has 0 atom stereocenters. The molecule has 4 nitrogen and oxygen atoms in total. The molecule has 0 radical (unpaired) electrons. The average Bonchev–Trinajstić information content (AvgIpc) is 2.73. The van der Waals surface area contributed by atoms with Crippen LogP contribution in [0, 0.1) is 5.92 Å². The van der Waals surface area contributed by atoms with Crippen LogP contribution in [0.5, 0.6) is 0 Å². The molecule has 3 aliphatic rings. The maximum atomic E-state index is 11.0. The molecule has 0 aromatic rings. The van der Waals surface area contributed by atoms with Crippen LogP contribution in [0.1, 0.15) is 110 Å². The molecule has 3 fully saturated rings. The van der Waals surface area contributed by atoms with Gasteiger partial charge >= 0.3 is 181 Å². The van der Waals surface area contributed by atoms with Gasteiger partial charge in [0.15, 0.2) is 0 Å². The second-order valence-electron chi connectivity index (χ2n) is 10.2. The fourth-order valence-corrected chi connectivity index (χ4v) is 22.3. The van der Waals surface area contributed by atoms with E-state index in [0.717, 1.165) is 0 Å². The third kappa shape index (κ3) is 6.01. The van der Waals surface area contributed by atoms with Crippen LogP contribution in [-0.4, -0.2) is 21.3 Å². The van der Waals surface area contributed by atoms with E-state index in [-0.39, 0.29) is 0 Å². The van der Waals surface area contributed by atoms with Crippen LogP contribution in [-0.2, 0) is 27.3 Å². The molecular formula is C22H44O4SiZr. The Kier molecular flexibility index (Phi) is 9.27. The molecule has 6 heteroatoms. The molecule has 0 amide bonds. The summed E-state index contributed by atoms with van der Waals surface area (Å²) in [6.07, 6.45) is 19.4. The molecule has 2 N–H and O–H groups in total. The molecule has 28 heavy (non-hydrogen) atoms. The van der Waals surface area contributed by atoms with Gasteiger partial charge < -0.3 is 0 Å². The van der Waals surface area contributed by atoms with Crippen molar-refractivity contribution in [2.24, 2.45) is 5.92 Å². The predicted octanol–water partition coefficient (Wildman–Crippen LogP) is 6.42. The minimum atomic E-state index is -4.95. The van der Waals surface area contributed by atoms with Gasteiger partial charge in [-0.15, -0.1) is 0 Å². The van der Waals surface area contributed by atoms with Gasteiger partial charge in [0.1, 0.15) is 0 Å². The van der Waals surface area contributed by atoms with Crippen molar-refractivity contribution in [3.63, 3.8) is 0 Å². The quantitative estimate of drug-likeness (QED) is 0.384. The predicted molar refractivity (Wildman–Crippen MR) is 113 cm³/mol. The number of rotatable bonds is 8. The summed E-state index contributed by atoms with van der Waals surface area (Å²) in [5, 5.41) is 0. The van der Waals surface area contributed by atoms with Crippen LogP contribution in [0.2, 0.25) is 16.6 Å². The van der Waals surface area contributed by atoms with Crippen molar-refractivity contribution in [3.8, 4) is 0 Å². The first kappa shape index (κ1) is 23.6. The van der Waals surface area contributed by atoms with Crippen LogP contribution in [0.3, 0.4) is 0 Å². The minimum absolute atomic E-state index is 0.300. The van der Waals surface area contributed by atoms with Crippen molar-refractivity contribution in [2.45, 2.75) is 127 Å². The van der Waals surface area contributed by atoms with E-state index in [4.69, 9.17) is 5.32 Å². The Hall–Kier alpha value is 0.940. The fourth-order valence-electron chi connectivity index (χ4n) is 6.45. The van der Waals surface area contributed by atoms with Crippen LogP contribution >= 0.6 is 0 Å². The van der Waals surface area contributed by atoms with Crippen molar-refractivity contribution in [1.29, 1.82) is 0 Å². The Labute approximate surface area is 180 Å². The Morgan fingerprint density at radius 3 is 1.39 bits per heavy atom. The first-order valence-electron chi connectivity index (χ1n) is 12.2. The van der Waals surface area contributed by atoms with Crippen molar-refractivity contribution in [1.82, 2.24) is 0 Å². The summed E-state index contributed by atoms with van der Waals surface area (Å²) in [4.78, 5) is 0. The summed E-state index contributed by atoms with van der Waals surface area (Å²) in [5.74, 6) is 0.300. The Balaban J connectivity index is 1.92. The molecule has 0 spiro atoms. The molecule has 0 aromatic heterocycles. The first-order chi connectivity index (χ1) is 13.4. The second kappa shape index (κ2) is 11.0. The van der Waals surface area contributed by atoms with E-state index >= 15 is 0 Å². The number of hydrogen-bond donors (Lipinski definition) is 2. The number of hydrogen-bond acceptors (Lipinski definition) is 4. The van der Waals surface area contributed by atoms with Gasteiger partial charge in [0.25, 0.3) is 0 Å². The molecule has 164 valence electrons. The summed E-state index contributed by atoms with van der Waals surface area (Å²) in [6.45, 7) is 4.54. The first-order valence-corrected chi connectivity index (χ1v) is 18.6. The Morgan fingerprint density at radius 1 is 0.714 bits per heavy atom. The van der Waals surface area contributed by atoms with Gasteiger partial charge in [-0.05, 0) is 0 Å². The molecule has 0 aromatic carbocycles. The Bertz CT molecular complexity index is 410. The third-order valence-corrected chi connectivity index (χ3v) is 19.7. The van der Waals surface area contributed by atoms with Gasteiger partial charge in [0.2, 0.25) is 0 Å². The van der Waals surface area contributed by atoms with Crippen molar-refractivity contribution >= 4 is 8.32 Å². The second-order valence-corrected chi connectivity index (χ2v) is 19.5. The zero-order valence-electron chi connectivity index (χ0n) is 18.3. The van der Waals surface area contributed by atoms with Gasteiger partial charge in [-0.25, -0.2) is 0 Å². The Morgan fingerprint density at radius 2 is 1.07 bits per heavy atom. The van der Waals surface area contributed by atoms with Crippen molar-refractivity contribution in [3.05, 3.63) is 0 Å². The van der Waals surface area contributed by atoms with Crippen LogP contribution in [0.15, 0.2) is 0 Å². The molecule has 3 rings (SSSR count). The van der Waals surface area contributed by atoms with E-state index in [0.29, 0.717) is 29.1 Å². The average molecular weight is 492 g/mol. The maximum absolute atomic E-state index is 11.0. The molecule has 0 saturated heterocycles. The summed E-state index contributed by atoms with van der Waals surface area (Å²) in [5.41, 5.74) is 1.85. The molecule has 0 bridgehead atoms. The van der Waals surface area contributed by atoms with Crippen LogP contribution in [0.25, 0.3) is 0 Å². The third-order valence-electron chi connectivity index (χ3n) is 7.64. The van der Waals surface area contributed by atoms with Gasteiger partial charge in [0.05, 0.1) is 0 Å². The van der Waals surface area contributed by atoms with Gasteiger partial charge in [-0.3, -0.25) is 0 Å². The van der Waals surface area contributed by atoms with E-state index < -0.39 is 30.3 Å². The zero-order valence-corrected chi connectivity index (χ0v) is 21.8. The zero-order chi connectivity index (χ0) is 20.0. The van der Waals surface area contributed by atoms with Crippen molar-refractivity contribution in [2.75, 3.05) is 6.61 Å². The van der Waals surface area contributed by atoms with Crippen molar-refractivity contribution < 1.29 is 33.7 Å². The van der Waals surface area contributed by atoms with E-state index in [2.05, 4.69) is 13.8 Å². The van der Waals surface area contributed by atoms with Crippen LogP contribution in [0.4, 0.5) is 0 Å². The fraction of sp³-hybridized carbons (Fsp3) is 1.00. The van der Waals surface area contributed by atoms with E-state index in [1.807, 2.05) is 0 Å². The van der Waals surface area contributed by atoms with E-state index in [9.17, 15) is 6.37 Å². The topological polar surface area (TPSA) is 58.9 Å². The monoisotopic (exact) mass is 490 g/mol. The van der Waals surface area contributed by atoms with Crippen LogP contribution < -0.4 is 0 Å². The summed E-state index contributed by atoms with van der Waals surface area (Å²) in [7, 11) is -2.33. The molecule has 3 saturated carbocycles. The standard InChI is InChI=1S/C18H33OSi.C4H9O.2H2O.Zr/c19-20(16-10-4-1-5-11-16,17-12-6-2-7-13-17)18-14-8-3-9-15-18;1-4(2)3-5;;;/h16-18H,1-15H2;4H,3H2,1-2H3;2*1H2;/q2*-1;;;+4/p-2. The van der Waals surface area contributed by atoms with Gasteiger partial charge in [-0.2, -0.15) is 0 Å². The molecule has 3 aliphatic carbocycles. The van der Waals surface area contributed by atoms with E-state index in [1.54, 1.807) is 0 Å². The normalized spacial score (nSPS) is 24.8. The summed E-state index contributed by atoms with van der Waals surface area (Å²) in [6, 6.07) is 0.